The van der Waals surface area contributed by atoms with Gasteiger partial charge in [-0.3, -0.25) is 0 Å². The number of methoxy groups -OCH3 is 1. The van der Waals surface area contributed by atoms with Crippen molar-refractivity contribution in [3.05, 3.63) is 59.7 Å². The van der Waals surface area contributed by atoms with Gasteiger partial charge in [0.05, 0.1) is 7.11 Å². The fraction of sp³-hybridized carbons (Fsp3) is 0.118. The summed E-state index contributed by atoms with van der Waals surface area (Å²) in [5.74, 6) is 0.314. The first-order valence-electron chi connectivity index (χ1n) is 6.71. The number of benzene rings is 2. The smallest absolute Gasteiger partial charge is 0.331 e. The van der Waals surface area contributed by atoms with E-state index in [4.69, 9.17) is 20.9 Å². The third-order valence-corrected chi connectivity index (χ3v) is 3.06. The molecule has 0 atom stereocenters. The van der Waals surface area contributed by atoms with E-state index in [0.29, 0.717) is 16.9 Å². The first kappa shape index (κ1) is 15.4. The summed E-state index contributed by atoms with van der Waals surface area (Å²) in [5, 5.41) is 0. The number of nitrogen functional groups attached to an aromatic ring is 2. The van der Waals surface area contributed by atoms with Crippen molar-refractivity contribution in [1.82, 2.24) is 0 Å². The molecule has 0 aliphatic heterocycles. The molecule has 0 spiro atoms. The van der Waals surface area contributed by atoms with Crippen LogP contribution < -0.4 is 16.2 Å². The Morgan fingerprint density at radius 2 is 1.86 bits per heavy atom. The van der Waals surface area contributed by atoms with Crippen LogP contribution in [0.2, 0.25) is 0 Å². The fourth-order valence-corrected chi connectivity index (χ4v) is 1.83. The second kappa shape index (κ2) is 7.17. The topological polar surface area (TPSA) is 87.6 Å². The summed E-state index contributed by atoms with van der Waals surface area (Å²) in [4.78, 5) is 11.7. The molecule has 0 radical (unpaired) electrons. The van der Waals surface area contributed by atoms with E-state index in [-0.39, 0.29) is 6.61 Å². The Balaban J connectivity index is 1.92. The van der Waals surface area contributed by atoms with Crippen LogP contribution >= 0.6 is 0 Å². The molecule has 0 unspecified atom stereocenters. The molecule has 2 aromatic carbocycles. The van der Waals surface area contributed by atoms with Crippen molar-refractivity contribution >= 4 is 23.4 Å². The Morgan fingerprint density at radius 3 is 2.55 bits per heavy atom. The van der Waals surface area contributed by atoms with Crippen LogP contribution in [0.1, 0.15) is 11.1 Å². The summed E-state index contributed by atoms with van der Waals surface area (Å²) in [7, 11) is 1.60. The molecule has 5 heteroatoms. The fourth-order valence-electron chi connectivity index (χ4n) is 1.83. The minimum Gasteiger partial charge on any atom is -0.497 e. The van der Waals surface area contributed by atoms with Crippen molar-refractivity contribution in [2.45, 2.75) is 6.61 Å². The maximum absolute atomic E-state index is 11.7. The van der Waals surface area contributed by atoms with Gasteiger partial charge >= 0.3 is 5.97 Å². The van der Waals surface area contributed by atoms with Crippen molar-refractivity contribution in [2.24, 2.45) is 0 Å². The second-order valence-electron chi connectivity index (χ2n) is 4.67. The Hall–Kier alpha value is -2.95. The van der Waals surface area contributed by atoms with Gasteiger partial charge in [-0.05, 0) is 42.0 Å². The molecule has 2 aromatic rings. The molecule has 0 saturated heterocycles. The largest absolute Gasteiger partial charge is 0.497 e. The molecule has 0 aromatic heterocycles. The first-order chi connectivity index (χ1) is 10.6. The number of carbonyl (C=O) groups excluding carboxylic acids is 1. The molecule has 114 valence electrons. The van der Waals surface area contributed by atoms with E-state index in [2.05, 4.69) is 0 Å². The minimum absolute atomic E-state index is 0.0860. The quantitative estimate of drug-likeness (QED) is 0.503. The van der Waals surface area contributed by atoms with Gasteiger partial charge in [0.15, 0.2) is 0 Å². The molecule has 0 aliphatic carbocycles. The van der Waals surface area contributed by atoms with Crippen LogP contribution in [0.25, 0.3) is 6.08 Å². The zero-order chi connectivity index (χ0) is 15.9. The highest BCUT2D eigenvalue weighted by Gasteiger charge is 2.03. The van der Waals surface area contributed by atoms with Gasteiger partial charge in [0.25, 0.3) is 0 Å². The average molecular weight is 298 g/mol. The van der Waals surface area contributed by atoms with Gasteiger partial charge in [0.1, 0.15) is 12.4 Å². The minimum atomic E-state index is -0.447. The third-order valence-electron chi connectivity index (χ3n) is 3.06. The number of anilines is 2. The molecule has 0 fully saturated rings. The maximum atomic E-state index is 11.7. The molecular formula is C17H18N2O3. The number of nitrogens with two attached hydrogens (primary N) is 2. The summed E-state index contributed by atoms with van der Waals surface area (Å²) in [6.45, 7) is 0.0860. The lowest BCUT2D eigenvalue weighted by Gasteiger charge is -2.06. The molecule has 0 saturated carbocycles. The monoisotopic (exact) mass is 298 g/mol. The van der Waals surface area contributed by atoms with Crippen LogP contribution in [-0.4, -0.2) is 13.1 Å². The van der Waals surface area contributed by atoms with Crippen LogP contribution in [0, 0.1) is 0 Å². The molecule has 0 heterocycles. The molecule has 0 bridgehead atoms. The van der Waals surface area contributed by atoms with E-state index < -0.39 is 5.97 Å². The lowest BCUT2D eigenvalue weighted by Crippen LogP contribution is -2.04. The van der Waals surface area contributed by atoms with Gasteiger partial charge in [-0.15, -0.1) is 0 Å². The predicted octanol–water partition coefficient (Wildman–Crippen LogP) is 2.62. The lowest BCUT2D eigenvalue weighted by molar-refractivity contribution is -0.138. The Bertz CT molecular complexity index is 679. The van der Waals surface area contributed by atoms with E-state index >= 15 is 0 Å². The number of rotatable bonds is 5. The highest BCUT2D eigenvalue weighted by molar-refractivity contribution is 5.87. The van der Waals surface area contributed by atoms with E-state index in [1.165, 1.54) is 6.08 Å². The van der Waals surface area contributed by atoms with Gasteiger partial charge < -0.3 is 20.9 Å². The summed E-state index contributed by atoms with van der Waals surface area (Å²) in [6.07, 6.45) is 3.04. The maximum Gasteiger partial charge on any atom is 0.331 e. The average Bonchev–Trinajstić information content (AvgIpc) is 2.54. The lowest BCUT2D eigenvalue weighted by atomic mass is 10.2. The number of esters is 1. The number of hydrogen-bond donors (Lipinski definition) is 2. The SMILES string of the molecule is COc1ccc(/C=C/C(=O)OCc2cc(N)ccc2N)cc1. The molecule has 0 aliphatic rings. The van der Waals surface area contributed by atoms with Gasteiger partial charge in [0, 0.05) is 23.0 Å². The molecule has 5 nitrogen and oxygen atoms in total. The van der Waals surface area contributed by atoms with Crippen LogP contribution in [0.5, 0.6) is 5.75 Å². The van der Waals surface area contributed by atoms with Crippen LogP contribution in [0.4, 0.5) is 11.4 Å². The van der Waals surface area contributed by atoms with Crippen molar-refractivity contribution < 1.29 is 14.3 Å². The van der Waals surface area contributed by atoms with Gasteiger partial charge in [0.2, 0.25) is 0 Å². The molecule has 2 rings (SSSR count). The van der Waals surface area contributed by atoms with Gasteiger partial charge in [-0.1, -0.05) is 12.1 Å². The molecule has 4 N–H and O–H groups in total. The van der Waals surface area contributed by atoms with E-state index in [1.54, 1.807) is 31.4 Å². The van der Waals surface area contributed by atoms with Crippen LogP contribution in [-0.2, 0) is 16.1 Å². The van der Waals surface area contributed by atoms with Crippen molar-refractivity contribution in [2.75, 3.05) is 18.6 Å². The zero-order valence-electron chi connectivity index (χ0n) is 12.3. The summed E-state index contributed by atoms with van der Waals surface area (Å²) in [5.41, 5.74) is 14.1. The summed E-state index contributed by atoms with van der Waals surface area (Å²) >= 11 is 0. The number of carbonyl (C=O) groups is 1. The Morgan fingerprint density at radius 1 is 1.14 bits per heavy atom. The van der Waals surface area contributed by atoms with Crippen LogP contribution in [0.3, 0.4) is 0 Å². The highest BCUT2D eigenvalue weighted by atomic mass is 16.5. The second-order valence-corrected chi connectivity index (χ2v) is 4.67. The van der Waals surface area contributed by atoms with E-state index in [1.807, 2.05) is 24.3 Å². The van der Waals surface area contributed by atoms with Crippen molar-refractivity contribution in [1.29, 1.82) is 0 Å². The van der Waals surface area contributed by atoms with Crippen molar-refractivity contribution in [3.63, 3.8) is 0 Å². The molecule has 22 heavy (non-hydrogen) atoms. The first-order valence-corrected chi connectivity index (χ1v) is 6.71. The predicted molar refractivity (Wildman–Crippen MR) is 87.1 cm³/mol. The van der Waals surface area contributed by atoms with Crippen molar-refractivity contribution in [3.8, 4) is 5.75 Å². The highest BCUT2D eigenvalue weighted by Crippen LogP contribution is 2.17. The Labute approximate surface area is 129 Å². The van der Waals surface area contributed by atoms with Crippen LogP contribution in [0.15, 0.2) is 48.5 Å². The summed E-state index contributed by atoms with van der Waals surface area (Å²) < 4.78 is 10.2. The third kappa shape index (κ3) is 4.28. The Kier molecular flexibility index (Phi) is 5.03. The zero-order valence-corrected chi connectivity index (χ0v) is 12.3. The van der Waals surface area contributed by atoms with E-state index in [9.17, 15) is 4.79 Å². The van der Waals surface area contributed by atoms with Gasteiger partial charge in [-0.25, -0.2) is 4.79 Å². The molecular weight excluding hydrogens is 280 g/mol. The summed E-state index contributed by atoms with van der Waals surface area (Å²) in [6, 6.07) is 12.4. The standard InChI is InChI=1S/C17H18N2O3/c1-21-15-6-2-12(3-7-15)4-9-17(20)22-11-13-10-14(18)5-8-16(13)19/h2-10H,11,18-19H2,1H3/b9-4+. The normalized spacial score (nSPS) is 10.6. The molecule has 0 amide bonds. The van der Waals surface area contributed by atoms with E-state index in [0.717, 1.165) is 11.3 Å². The number of ether oxygens (including phenoxy) is 2. The number of hydrogen-bond acceptors (Lipinski definition) is 5. The van der Waals surface area contributed by atoms with Gasteiger partial charge in [-0.2, -0.15) is 0 Å².